The molecule has 0 radical (unpaired) electrons. The highest BCUT2D eigenvalue weighted by molar-refractivity contribution is 5.95. The van der Waals surface area contributed by atoms with Gasteiger partial charge in [0, 0.05) is 11.1 Å². The van der Waals surface area contributed by atoms with Crippen LogP contribution in [0.1, 0.15) is 52.1 Å². The van der Waals surface area contributed by atoms with Crippen LogP contribution in [0, 0.1) is 6.92 Å². The molecule has 132 valence electrons. The molecule has 2 aromatic carbocycles. The van der Waals surface area contributed by atoms with Crippen molar-refractivity contribution >= 4 is 5.91 Å². The molecule has 1 aliphatic rings. The minimum atomic E-state index is -0.120. The molecule has 1 amide bonds. The number of fused-ring (bicyclic) bond motifs is 1. The zero-order valence-electron chi connectivity index (χ0n) is 15.2. The molecule has 4 rings (SSSR count). The number of carbonyl (C=O) groups excluding carboxylic acids is 1. The Bertz CT molecular complexity index is 943. The first kappa shape index (κ1) is 16.6. The molecule has 0 spiro atoms. The standard InChI is InChI=1S/C22H23N3O/c1-14-20(17-7-4-3-5-8-17)24-25-21(14)22(26)23-15(2)18-12-11-16-9-6-10-19(16)13-18/h3-5,7-8,11-13,15H,6,9-10H2,1-2H3,(H,23,26)(H,24,25)/t15-/m1/s1. The van der Waals surface area contributed by atoms with Crippen LogP contribution in [0.25, 0.3) is 11.3 Å². The van der Waals surface area contributed by atoms with Crippen LogP contribution in [0.4, 0.5) is 0 Å². The number of nitrogens with one attached hydrogen (secondary N) is 2. The molecule has 26 heavy (non-hydrogen) atoms. The van der Waals surface area contributed by atoms with Crippen molar-refractivity contribution < 1.29 is 4.79 Å². The average Bonchev–Trinajstić information content (AvgIpc) is 3.28. The van der Waals surface area contributed by atoms with Crippen LogP contribution in [-0.4, -0.2) is 16.1 Å². The summed E-state index contributed by atoms with van der Waals surface area (Å²) in [5.74, 6) is -0.120. The maximum atomic E-state index is 12.7. The lowest BCUT2D eigenvalue weighted by molar-refractivity contribution is 0.0934. The Morgan fingerprint density at radius 1 is 1.12 bits per heavy atom. The maximum absolute atomic E-state index is 12.7. The Morgan fingerprint density at radius 2 is 1.88 bits per heavy atom. The Kier molecular flexibility index (Phi) is 4.33. The fourth-order valence-electron chi connectivity index (χ4n) is 3.71. The molecular weight excluding hydrogens is 322 g/mol. The number of nitrogens with zero attached hydrogens (tertiary/aromatic N) is 1. The van der Waals surface area contributed by atoms with Gasteiger partial charge < -0.3 is 5.32 Å². The summed E-state index contributed by atoms with van der Waals surface area (Å²) in [6, 6.07) is 16.4. The first-order valence-electron chi connectivity index (χ1n) is 9.16. The molecule has 0 bridgehead atoms. The minimum Gasteiger partial charge on any atom is -0.344 e. The Balaban J connectivity index is 1.52. The fourth-order valence-corrected chi connectivity index (χ4v) is 3.71. The van der Waals surface area contributed by atoms with E-state index in [-0.39, 0.29) is 11.9 Å². The van der Waals surface area contributed by atoms with Crippen molar-refractivity contribution in [3.05, 3.63) is 76.5 Å². The van der Waals surface area contributed by atoms with Gasteiger partial charge in [0.05, 0.1) is 11.7 Å². The molecule has 1 aliphatic carbocycles. The monoisotopic (exact) mass is 345 g/mol. The quantitative estimate of drug-likeness (QED) is 0.738. The number of carbonyl (C=O) groups is 1. The molecule has 4 nitrogen and oxygen atoms in total. The zero-order chi connectivity index (χ0) is 18.1. The summed E-state index contributed by atoms with van der Waals surface area (Å²) in [6.45, 7) is 3.96. The average molecular weight is 345 g/mol. The van der Waals surface area contributed by atoms with E-state index in [2.05, 4.69) is 33.7 Å². The number of aryl methyl sites for hydroxylation is 2. The Hall–Kier alpha value is -2.88. The molecule has 4 heteroatoms. The number of amides is 1. The van der Waals surface area contributed by atoms with Gasteiger partial charge in [-0.2, -0.15) is 5.10 Å². The molecule has 2 N–H and O–H groups in total. The topological polar surface area (TPSA) is 57.8 Å². The number of hydrogen-bond acceptors (Lipinski definition) is 2. The lowest BCUT2D eigenvalue weighted by Gasteiger charge is -2.15. The number of hydrogen-bond donors (Lipinski definition) is 2. The van der Waals surface area contributed by atoms with Crippen molar-refractivity contribution in [2.24, 2.45) is 0 Å². The number of aromatic amines is 1. The van der Waals surface area contributed by atoms with Crippen molar-refractivity contribution in [3.63, 3.8) is 0 Å². The van der Waals surface area contributed by atoms with Crippen LogP contribution in [0.2, 0.25) is 0 Å². The molecule has 1 heterocycles. The van der Waals surface area contributed by atoms with E-state index in [0.29, 0.717) is 5.69 Å². The van der Waals surface area contributed by atoms with Gasteiger partial charge in [-0.15, -0.1) is 0 Å². The van der Waals surface area contributed by atoms with Gasteiger partial charge in [0.15, 0.2) is 0 Å². The first-order valence-corrected chi connectivity index (χ1v) is 9.16. The molecule has 0 aliphatic heterocycles. The maximum Gasteiger partial charge on any atom is 0.270 e. The largest absolute Gasteiger partial charge is 0.344 e. The molecule has 1 aromatic heterocycles. The summed E-state index contributed by atoms with van der Waals surface area (Å²) < 4.78 is 0. The molecule has 1 atom stereocenters. The SMILES string of the molecule is Cc1c(-c2ccccc2)n[nH]c1C(=O)N[C@H](C)c1ccc2c(c1)CCC2. The van der Waals surface area contributed by atoms with Crippen molar-refractivity contribution in [1.82, 2.24) is 15.5 Å². The van der Waals surface area contributed by atoms with E-state index in [9.17, 15) is 4.79 Å². The van der Waals surface area contributed by atoms with Crippen LogP contribution >= 0.6 is 0 Å². The third kappa shape index (κ3) is 3.03. The lowest BCUT2D eigenvalue weighted by Crippen LogP contribution is -2.27. The second kappa shape index (κ2) is 6.79. The molecular formula is C22H23N3O. The summed E-state index contributed by atoms with van der Waals surface area (Å²) in [5, 5.41) is 10.4. The summed E-state index contributed by atoms with van der Waals surface area (Å²) in [4.78, 5) is 12.7. The van der Waals surface area contributed by atoms with Crippen LogP contribution in [0.5, 0.6) is 0 Å². The van der Waals surface area contributed by atoms with Crippen LogP contribution in [-0.2, 0) is 12.8 Å². The van der Waals surface area contributed by atoms with Crippen molar-refractivity contribution in [2.75, 3.05) is 0 Å². The van der Waals surface area contributed by atoms with Gasteiger partial charge in [-0.05, 0) is 49.8 Å². The molecule has 3 aromatic rings. The van der Waals surface area contributed by atoms with E-state index in [4.69, 9.17) is 0 Å². The highest BCUT2D eigenvalue weighted by atomic mass is 16.2. The van der Waals surface area contributed by atoms with Crippen LogP contribution < -0.4 is 5.32 Å². The van der Waals surface area contributed by atoms with Crippen molar-refractivity contribution in [2.45, 2.75) is 39.2 Å². The van der Waals surface area contributed by atoms with E-state index in [1.807, 2.05) is 44.2 Å². The van der Waals surface area contributed by atoms with Crippen LogP contribution in [0.3, 0.4) is 0 Å². The summed E-state index contributed by atoms with van der Waals surface area (Å²) >= 11 is 0. The number of aromatic nitrogens is 2. The molecule has 0 unspecified atom stereocenters. The van der Waals surface area contributed by atoms with Gasteiger partial charge in [-0.1, -0.05) is 48.5 Å². The predicted molar refractivity (Wildman–Crippen MR) is 103 cm³/mol. The molecule has 0 saturated carbocycles. The third-order valence-corrected chi connectivity index (χ3v) is 5.25. The second-order valence-electron chi connectivity index (χ2n) is 7.02. The van der Waals surface area contributed by atoms with Crippen molar-refractivity contribution in [1.29, 1.82) is 0 Å². The van der Waals surface area contributed by atoms with E-state index in [0.717, 1.165) is 28.8 Å². The van der Waals surface area contributed by atoms with Gasteiger partial charge in [-0.25, -0.2) is 0 Å². The van der Waals surface area contributed by atoms with E-state index < -0.39 is 0 Å². The normalized spacial score (nSPS) is 14.1. The molecule has 0 fully saturated rings. The third-order valence-electron chi connectivity index (χ3n) is 5.25. The van der Waals surface area contributed by atoms with Gasteiger partial charge in [0.1, 0.15) is 5.69 Å². The summed E-state index contributed by atoms with van der Waals surface area (Å²) in [7, 11) is 0. The van der Waals surface area contributed by atoms with Gasteiger partial charge in [0.2, 0.25) is 0 Å². The van der Waals surface area contributed by atoms with Gasteiger partial charge in [0.25, 0.3) is 5.91 Å². The first-order chi connectivity index (χ1) is 12.6. The highest BCUT2D eigenvalue weighted by Gasteiger charge is 2.20. The predicted octanol–water partition coefficient (Wildman–Crippen LogP) is 4.36. The van der Waals surface area contributed by atoms with E-state index in [1.165, 1.54) is 24.0 Å². The summed E-state index contributed by atoms with van der Waals surface area (Å²) in [5.41, 5.74) is 7.25. The minimum absolute atomic E-state index is 0.0451. The summed E-state index contributed by atoms with van der Waals surface area (Å²) in [6.07, 6.45) is 3.55. The smallest absolute Gasteiger partial charge is 0.270 e. The highest BCUT2D eigenvalue weighted by Crippen LogP contribution is 2.26. The Labute approximate surface area is 153 Å². The molecule has 0 saturated heterocycles. The number of H-pyrrole nitrogens is 1. The number of benzene rings is 2. The van der Waals surface area contributed by atoms with E-state index >= 15 is 0 Å². The fraction of sp³-hybridized carbons (Fsp3) is 0.273. The lowest BCUT2D eigenvalue weighted by atomic mass is 10.0. The van der Waals surface area contributed by atoms with E-state index in [1.54, 1.807) is 0 Å². The Morgan fingerprint density at radius 3 is 2.69 bits per heavy atom. The van der Waals surface area contributed by atoms with Gasteiger partial charge in [-0.3, -0.25) is 9.89 Å². The van der Waals surface area contributed by atoms with Gasteiger partial charge >= 0.3 is 0 Å². The zero-order valence-corrected chi connectivity index (χ0v) is 15.2. The number of rotatable bonds is 4. The second-order valence-corrected chi connectivity index (χ2v) is 7.02. The van der Waals surface area contributed by atoms with Crippen LogP contribution in [0.15, 0.2) is 48.5 Å². The van der Waals surface area contributed by atoms with Crippen molar-refractivity contribution in [3.8, 4) is 11.3 Å².